The molecule has 0 fully saturated rings. The third kappa shape index (κ3) is 5.93. The normalized spacial score (nSPS) is 10.3. The highest BCUT2D eigenvalue weighted by molar-refractivity contribution is 9.10. The number of nitrogens with one attached hydrogen (secondary N) is 1. The maximum Gasteiger partial charge on any atom is 0.338 e. The van der Waals surface area contributed by atoms with Gasteiger partial charge in [-0.1, -0.05) is 41.1 Å². The van der Waals surface area contributed by atoms with E-state index >= 15 is 0 Å². The third-order valence-corrected chi connectivity index (χ3v) is 4.62. The van der Waals surface area contributed by atoms with Crippen molar-refractivity contribution in [1.29, 1.82) is 0 Å². The van der Waals surface area contributed by atoms with Crippen molar-refractivity contribution in [1.82, 2.24) is 0 Å². The molecule has 6 heteroatoms. The van der Waals surface area contributed by atoms with Crippen LogP contribution < -0.4 is 10.1 Å². The molecule has 0 heterocycles. The largest absolute Gasteiger partial charge is 0.457 e. The van der Waals surface area contributed by atoms with E-state index in [2.05, 4.69) is 21.2 Å². The predicted octanol–water partition coefficient (Wildman–Crippen LogP) is 5.60. The number of esters is 1. The summed E-state index contributed by atoms with van der Waals surface area (Å²) in [5.74, 6) is 0.351. The number of amides is 1. The van der Waals surface area contributed by atoms with Crippen molar-refractivity contribution in [2.75, 3.05) is 11.9 Å². The van der Waals surface area contributed by atoms with Crippen molar-refractivity contribution in [3.63, 3.8) is 0 Å². The zero-order valence-corrected chi connectivity index (χ0v) is 17.4. The fourth-order valence-electron chi connectivity index (χ4n) is 2.66. The van der Waals surface area contributed by atoms with Gasteiger partial charge in [0.2, 0.25) is 0 Å². The summed E-state index contributed by atoms with van der Waals surface area (Å²) >= 11 is 3.41. The molecule has 0 radical (unpaired) electrons. The zero-order valence-electron chi connectivity index (χ0n) is 15.9. The van der Waals surface area contributed by atoms with Gasteiger partial charge in [0.25, 0.3) is 5.91 Å². The molecule has 0 bridgehead atoms. The second-order valence-electron chi connectivity index (χ2n) is 6.22. The Morgan fingerprint density at radius 2 is 1.62 bits per heavy atom. The molecule has 0 atom stereocenters. The van der Waals surface area contributed by atoms with Gasteiger partial charge in [0.05, 0.1) is 5.56 Å². The van der Waals surface area contributed by atoms with E-state index in [1.807, 2.05) is 55.5 Å². The molecule has 3 aromatic carbocycles. The number of halogens is 1. The van der Waals surface area contributed by atoms with Gasteiger partial charge in [0.15, 0.2) is 6.61 Å². The smallest absolute Gasteiger partial charge is 0.338 e. The van der Waals surface area contributed by atoms with E-state index in [9.17, 15) is 9.59 Å². The summed E-state index contributed by atoms with van der Waals surface area (Å²) in [6.07, 6.45) is 0.770. The SMILES string of the molecule is CCc1cc(Br)ccc1NC(=O)COC(=O)c1ccc(Oc2ccccc2)cc1. The highest BCUT2D eigenvalue weighted by Gasteiger charge is 2.12. The number of anilines is 1. The number of carbonyl (C=O) groups excluding carboxylic acids is 2. The number of hydrogen-bond acceptors (Lipinski definition) is 4. The van der Waals surface area contributed by atoms with Crippen LogP contribution in [0.25, 0.3) is 0 Å². The van der Waals surface area contributed by atoms with E-state index in [-0.39, 0.29) is 12.5 Å². The van der Waals surface area contributed by atoms with Crippen LogP contribution in [0.3, 0.4) is 0 Å². The van der Waals surface area contributed by atoms with Crippen LogP contribution in [-0.2, 0) is 16.0 Å². The fourth-order valence-corrected chi connectivity index (χ4v) is 3.07. The molecule has 3 rings (SSSR count). The maximum absolute atomic E-state index is 12.2. The third-order valence-electron chi connectivity index (χ3n) is 4.13. The van der Waals surface area contributed by atoms with Gasteiger partial charge in [-0.2, -0.15) is 0 Å². The van der Waals surface area contributed by atoms with Crippen LogP contribution >= 0.6 is 15.9 Å². The first-order valence-corrected chi connectivity index (χ1v) is 9.93. The quantitative estimate of drug-likeness (QED) is 0.472. The fraction of sp³-hybridized carbons (Fsp3) is 0.130. The highest BCUT2D eigenvalue weighted by Crippen LogP contribution is 2.22. The van der Waals surface area contributed by atoms with E-state index < -0.39 is 5.97 Å². The second-order valence-corrected chi connectivity index (χ2v) is 7.13. The molecule has 0 spiro atoms. The summed E-state index contributed by atoms with van der Waals surface area (Å²) in [7, 11) is 0. The number of carbonyl (C=O) groups is 2. The lowest BCUT2D eigenvalue weighted by molar-refractivity contribution is -0.119. The van der Waals surface area contributed by atoms with E-state index in [0.717, 1.165) is 16.5 Å². The first-order valence-electron chi connectivity index (χ1n) is 9.13. The molecular formula is C23H20BrNO4. The average Bonchev–Trinajstić information content (AvgIpc) is 2.74. The van der Waals surface area contributed by atoms with Gasteiger partial charge in [-0.15, -0.1) is 0 Å². The first kappa shape index (κ1) is 20.6. The molecular weight excluding hydrogens is 434 g/mol. The van der Waals surface area contributed by atoms with Gasteiger partial charge in [0, 0.05) is 10.2 Å². The van der Waals surface area contributed by atoms with E-state index in [0.29, 0.717) is 22.7 Å². The van der Waals surface area contributed by atoms with Gasteiger partial charge >= 0.3 is 5.97 Å². The monoisotopic (exact) mass is 453 g/mol. The van der Waals surface area contributed by atoms with Gasteiger partial charge < -0.3 is 14.8 Å². The van der Waals surface area contributed by atoms with Gasteiger partial charge in [0.1, 0.15) is 11.5 Å². The van der Waals surface area contributed by atoms with E-state index in [1.165, 1.54) is 0 Å². The number of rotatable bonds is 7. The summed E-state index contributed by atoms with van der Waals surface area (Å²) in [5.41, 5.74) is 2.04. The molecule has 1 amide bonds. The standard InChI is InChI=1S/C23H20BrNO4/c1-2-16-14-18(24)10-13-21(16)25-22(26)15-28-23(27)17-8-11-20(12-9-17)29-19-6-4-3-5-7-19/h3-14H,2,15H2,1H3,(H,25,26). The molecule has 148 valence electrons. The van der Waals surface area contributed by atoms with Crippen LogP contribution in [-0.4, -0.2) is 18.5 Å². The maximum atomic E-state index is 12.2. The lowest BCUT2D eigenvalue weighted by Crippen LogP contribution is -2.21. The highest BCUT2D eigenvalue weighted by atomic mass is 79.9. The molecule has 0 aliphatic heterocycles. The van der Waals surface area contributed by atoms with E-state index in [1.54, 1.807) is 24.3 Å². The van der Waals surface area contributed by atoms with Crippen molar-refractivity contribution in [2.45, 2.75) is 13.3 Å². The molecule has 1 N–H and O–H groups in total. The van der Waals surface area contributed by atoms with Crippen LogP contribution in [0.4, 0.5) is 5.69 Å². The predicted molar refractivity (Wildman–Crippen MR) is 115 cm³/mol. The Kier molecular flexibility index (Phi) is 7.03. The van der Waals surface area contributed by atoms with Crippen LogP contribution in [0.5, 0.6) is 11.5 Å². The van der Waals surface area contributed by atoms with Crippen molar-refractivity contribution in [3.05, 3.63) is 88.4 Å². The Hall–Kier alpha value is -3.12. The van der Waals surface area contributed by atoms with Crippen LogP contribution in [0, 0.1) is 0 Å². The Morgan fingerprint density at radius 3 is 2.31 bits per heavy atom. The molecule has 0 unspecified atom stereocenters. The Labute approximate surface area is 177 Å². The minimum Gasteiger partial charge on any atom is -0.457 e. The minimum absolute atomic E-state index is 0.344. The summed E-state index contributed by atoms with van der Waals surface area (Å²) in [4.78, 5) is 24.3. The Balaban J connectivity index is 1.53. The minimum atomic E-state index is -0.571. The summed E-state index contributed by atoms with van der Waals surface area (Å²) in [5, 5.41) is 2.77. The number of hydrogen-bond donors (Lipinski definition) is 1. The van der Waals surface area contributed by atoms with Crippen LogP contribution in [0.1, 0.15) is 22.8 Å². The summed E-state index contributed by atoms with van der Waals surface area (Å²) in [6.45, 7) is 1.64. The molecule has 0 saturated heterocycles. The molecule has 29 heavy (non-hydrogen) atoms. The number of aryl methyl sites for hydroxylation is 1. The van der Waals surface area contributed by atoms with Crippen molar-refractivity contribution < 1.29 is 19.1 Å². The lowest BCUT2D eigenvalue weighted by Gasteiger charge is -2.11. The molecule has 3 aromatic rings. The summed E-state index contributed by atoms with van der Waals surface area (Å²) < 4.78 is 11.7. The van der Waals surface area contributed by atoms with Gasteiger partial charge in [-0.3, -0.25) is 4.79 Å². The zero-order chi connectivity index (χ0) is 20.6. The number of ether oxygens (including phenoxy) is 2. The van der Waals surface area contributed by atoms with Crippen molar-refractivity contribution in [2.24, 2.45) is 0 Å². The molecule has 0 saturated carbocycles. The average molecular weight is 454 g/mol. The Morgan fingerprint density at radius 1 is 0.931 bits per heavy atom. The first-order chi connectivity index (χ1) is 14.0. The number of benzene rings is 3. The van der Waals surface area contributed by atoms with Crippen molar-refractivity contribution >= 4 is 33.5 Å². The Bertz CT molecular complexity index is 988. The second kappa shape index (κ2) is 9.89. The summed E-state index contributed by atoms with van der Waals surface area (Å²) in [6, 6.07) is 21.5. The van der Waals surface area contributed by atoms with Gasteiger partial charge in [-0.05, 0) is 66.6 Å². The van der Waals surface area contributed by atoms with Crippen LogP contribution in [0.2, 0.25) is 0 Å². The topological polar surface area (TPSA) is 64.6 Å². The lowest BCUT2D eigenvalue weighted by atomic mass is 10.1. The van der Waals surface area contributed by atoms with Gasteiger partial charge in [-0.25, -0.2) is 4.79 Å². The van der Waals surface area contributed by atoms with Crippen LogP contribution in [0.15, 0.2) is 77.3 Å². The van der Waals surface area contributed by atoms with Crippen molar-refractivity contribution in [3.8, 4) is 11.5 Å². The molecule has 5 nitrogen and oxygen atoms in total. The molecule has 0 aliphatic rings. The van der Waals surface area contributed by atoms with E-state index in [4.69, 9.17) is 9.47 Å². The molecule has 0 aliphatic carbocycles. The number of para-hydroxylation sites is 1. The molecule has 0 aromatic heterocycles.